The zero-order chi connectivity index (χ0) is 21.6. The third kappa shape index (κ3) is 6.18. The maximum absolute atomic E-state index is 12.0. The van der Waals surface area contributed by atoms with Crippen molar-refractivity contribution in [1.29, 1.82) is 0 Å². The highest BCUT2D eigenvalue weighted by Gasteiger charge is 2.26. The van der Waals surface area contributed by atoms with Gasteiger partial charge in [-0.2, -0.15) is 4.98 Å². The van der Waals surface area contributed by atoms with Crippen LogP contribution < -0.4 is 10.6 Å². The molecule has 1 aromatic heterocycles. The number of halogens is 1. The van der Waals surface area contributed by atoms with E-state index in [2.05, 4.69) is 35.6 Å². The highest BCUT2D eigenvalue weighted by molar-refractivity contribution is 6.30. The number of guanidine groups is 1. The van der Waals surface area contributed by atoms with E-state index in [1.54, 1.807) is 12.1 Å². The second-order valence-electron chi connectivity index (χ2n) is 7.80. The standard InChI is InChI=1S/C21H28ClN7O2/c1-2-23-21(29-10-8-28(9-11-29)14-18(30)25-17-6-7-17)24-13-19-26-20(27-31-19)15-4-3-5-16(22)12-15/h3-5,12,17H,2,6-11,13-14H2,1H3,(H,23,24)(H,25,30). The Balaban J connectivity index is 1.32. The third-order valence-corrected chi connectivity index (χ3v) is 5.47. The minimum atomic E-state index is 0.128. The summed E-state index contributed by atoms with van der Waals surface area (Å²) in [5.41, 5.74) is 0.806. The Morgan fingerprint density at radius 3 is 2.81 bits per heavy atom. The lowest BCUT2D eigenvalue weighted by Crippen LogP contribution is -2.54. The lowest BCUT2D eigenvalue weighted by Gasteiger charge is -2.36. The Morgan fingerprint density at radius 1 is 1.29 bits per heavy atom. The van der Waals surface area contributed by atoms with Gasteiger partial charge in [-0.1, -0.05) is 28.9 Å². The maximum atomic E-state index is 12.0. The lowest BCUT2D eigenvalue weighted by molar-refractivity contribution is -0.122. The Labute approximate surface area is 186 Å². The van der Waals surface area contributed by atoms with Gasteiger partial charge < -0.3 is 20.1 Å². The highest BCUT2D eigenvalue weighted by atomic mass is 35.5. The van der Waals surface area contributed by atoms with Gasteiger partial charge in [-0.25, -0.2) is 4.99 Å². The monoisotopic (exact) mass is 445 g/mol. The first-order valence-electron chi connectivity index (χ1n) is 10.7. The Kier molecular flexibility index (Phi) is 7.03. The van der Waals surface area contributed by atoms with Gasteiger partial charge in [0.2, 0.25) is 17.6 Å². The predicted octanol–water partition coefficient (Wildman–Crippen LogP) is 1.75. The van der Waals surface area contributed by atoms with Crippen LogP contribution in [0.5, 0.6) is 0 Å². The molecule has 1 aliphatic carbocycles. The van der Waals surface area contributed by atoms with E-state index in [1.165, 1.54) is 0 Å². The third-order valence-electron chi connectivity index (χ3n) is 5.23. The number of hydrogen-bond donors (Lipinski definition) is 2. The highest BCUT2D eigenvalue weighted by Crippen LogP contribution is 2.20. The molecule has 2 heterocycles. The number of nitrogens with zero attached hydrogens (tertiary/aromatic N) is 5. The quantitative estimate of drug-likeness (QED) is 0.494. The largest absolute Gasteiger partial charge is 0.357 e. The van der Waals surface area contributed by atoms with E-state index < -0.39 is 0 Å². The van der Waals surface area contributed by atoms with E-state index >= 15 is 0 Å². The Bertz CT molecular complexity index is 920. The molecule has 0 bridgehead atoms. The number of aliphatic imine (C=N–C) groups is 1. The van der Waals surface area contributed by atoms with Gasteiger partial charge in [-0.05, 0) is 31.9 Å². The molecule has 2 fully saturated rings. The number of aromatic nitrogens is 2. The number of rotatable bonds is 7. The molecular formula is C21H28ClN7O2. The first-order valence-corrected chi connectivity index (χ1v) is 11.1. The second kappa shape index (κ2) is 10.1. The average Bonchev–Trinajstić information content (AvgIpc) is 3.44. The first kappa shape index (κ1) is 21.6. The average molecular weight is 446 g/mol. The molecule has 0 radical (unpaired) electrons. The molecule has 31 heavy (non-hydrogen) atoms. The van der Waals surface area contributed by atoms with Crippen LogP contribution >= 0.6 is 11.6 Å². The van der Waals surface area contributed by atoms with Crippen molar-refractivity contribution in [2.24, 2.45) is 4.99 Å². The van der Waals surface area contributed by atoms with Crippen molar-refractivity contribution in [2.45, 2.75) is 32.4 Å². The number of carbonyl (C=O) groups is 1. The zero-order valence-corrected chi connectivity index (χ0v) is 18.4. The van der Waals surface area contributed by atoms with Gasteiger partial charge in [0.15, 0.2) is 5.96 Å². The smallest absolute Gasteiger partial charge is 0.248 e. The molecule has 10 heteroatoms. The van der Waals surface area contributed by atoms with Crippen LogP contribution in [0.4, 0.5) is 0 Å². The van der Waals surface area contributed by atoms with Gasteiger partial charge in [0.05, 0.1) is 6.54 Å². The number of benzene rings is 1. The molecule has 0 spiro atoms. The van der Waals surface area contributed by atoms with Crippen LogP contribution in [-0.2, 0) is 11.3 Å². The molecule has 1 aromatic carbocycles. The summed E-state index contributed by atoms with van der Waals surface area (Å²) in [6.45, 7) is 6.81. The number of hydrogen-bond acceptors (Lipinski definition) is 6. The van der Waals surface area contributed by atoms with Gasteiger partial charge >= 0.3 is 0 Å². The number of nitrogens with one attached hydrogen (secondary N) is 2. The van der Waals surface area contributed by atoms with Gasteiger partial charge in [0.1, 0.15) is 6.54 Å². The molecule has 1 saturated carbocycles. The van der Waals surface area contributed by atoms with E-state index in [4.69, 9.17) is 16.1 Å². The van der Waals surface area contributed by atoms with Crippen LogP contribution in [0.3, 0.4) is 0 Å². The van der Waals surface area contributed by atoms with E-state index in [1.807, 2.05) is 19.1 Å². The van der Waals surface area contributed by atoms with Crippen molar-refractivity contribution in [3.63, 3.8) is 0 Å². The van der Waals surface area contributed by atoms with Crippen molar-refractivity contribution in [3.8, 4) is 11.4 Å². The fourth-order valence-corrected chi connectivity index (χ4v) is 3.64. The SMILES string of the molecule is CCNC(=NCc1nc(-c2cccc(Cl)c2)no1)N1CCN(CC(=O)NC2CC2)CC1. The summed E-state index contributed by atoms with van der Waals surface area (Å²) >= 11 is 6.04. The van der Waals surface area contributed by atoms with Gasteiger partial charge in [0.25, 0.3) is 0 Å². The topological polar surface area (TPSA) is 98.9 Å². The normalized spacial score (nSPS) is 17.6. The van der Waals surface area contributed by atoms with Crippen LogP contribution in [0.15, 0.2) is 33.8 Å². The molecule has 2 aliphatic rings. The zero-order valence-electron chi connectivity index (χ0n) is 17.7. The minimum Gasteiger partial charge on any atom is -0.357 e. The molecule has 1 amide bonds. The molecule has 1 saturated heterocycles. The van der Waals surface area contributed by atoms with Crippen molar-refractivity contribution in [3.05, 3.63) is 35.2 Å². The van der Waals surface area contributed by atoms with Crippen molar-refractivity contribution < 1.29 is 9.32 Å². The van der Waals surface area contributed by atoms with Crippen molar-refractivity contribution >= 4 is 23.5 Å². The van der Waals surface area contributed by atoms with E-state index in [0.717, 1.165) is 57.1 Å². The number of amides is 1. The molecule has 4 rings (SSSR count). The summed E-state index contributed by atoms with van der Waals surface area (Å²) in [5, 5.41) is 11.0. The predicted molar refractivity (Wildman–Crippen MR) is 119 cm³/mol. The first-order chi connectivity index (χ1) is 15.1. The summed E-state index contributed by atoms with van der Waals surface area (Å²) < 4.78 is 5.36. The van der Waals surface area contributed by atoms with E-state index in [0.29, 0.717) is 35.9 Å². The second-order valence-corrected chi connectivity index (χ2v) is 8.23. The molecule has 2 N–H and O–H groups in total. The fraction of sp³-hybridized carbons (Fsp3) is 0.524. The lowest BCUT2D eigenvalue weighted by atomic mass is 10.2. The molecule has 2 aromatic rings. The van der Waals surface area contributed by atoms with Crippen LogP contribution in [0.2, 0.25) is 5.02 Å². The molecule has 0 atom stereocenters. The van der Waals surface area contributed by atoms with Gasteiger partial charge in [-0.3, -0.25) is 9.69 Å². The summed E-state index contributed by atoms with van der Waals surface area (Å²) in [6.07, 6.45) is 2.23. The Morgan fingerprint density at radius 2 is 2.10 bits per heavy atom. The summed E-state index contributed by atoms with van der Waals surface area (Å²) in [4.78, 5) is 25.5. The molecule has 0 unspecified atom stereocenters. The van der Waals surface area contributed by atoms with Crippen LogP contribution in [-0.4, -0.2) is 77.1 Å². The van der Waals surface area contributed by atoms with Crippen molar-refractivity contribution in [2.75, 3.05) is 39.3 Å². The van der Waals surface area contributed by atoms with Gasteiger partial charge in [-0.15, -0.1) is 0 Å². The summed E-state index contributed by atoms with van der Waals surface area (Å²) in [5.74, 6) is 1.88. The van der Waals surface area contributed by atoms with Gasteiger partial charge in [0, 0.05) is 49.4 Å². The van der Waals surface area contributed by atoms with Crippen LogP contribution in [0.1, 0.15) is 25.7 Å². The van der Waals surface area contributed by atoms with Crippen molar-refractivity contribution in [1.82, 2.24) is 30.6 Å². The fourth-order valence-electron chi connectivity index (χ4n) is 3.45. The summed E-state index contributed by atoms with van der Waals surface area (Å²) in [6, 6.07) is 7.75. The molecular weight excluding hydrogens is 418 g/mol. The van der Waals surface area contributed by atoms with E-state index in [-0.39, 0.29) is 5.91 Å². The number of piperazine rings is 1. The Hall–Kier alpha value is -2.65. The van der Waals surface area contributed by atoms with Crippen LogP contribution in [0.25, 0.3) is 11.4 Å². The minimum absolute atomic E-state index is 0.128. The van der Waals surface area contributed by atoms with Crippen LogP contribution in [0, 0.1) is 0 Å². The maximum Gasteiger partial charge on any atom is 0.248 e. The number of carbonyl (C=O) groups excluding carboxylic acids is 1. The molecule has 9 nitrogen and oxygen atoms in total. The molecule has 166 valence electrons. The van der Waals surface area contributed by atoms with E-state index in [9.17, 15) is 4.79 Å². The molecule has 1 aliphatic heterocycles. The summed E-state index contributed by atoms with van der Waals surface area (Å²) in [7, 11) is 0.